The molecule has 0 unspecified atom stereocenters. The summed E-state index contributed by atoms with van der Waals surface area (Å²) in [7, 11) is 0. The molecule has 0 fully saturated rings. The molecule has 0 saturated carbocycles. The molecule has 0 heterocycles. The van der Waals surface area contributed by atoms with E-state index in [0.29, 0.717) is 11.1 Å². The fourth-order valence-electron chi connectivity index (χ4n) is 2.81. The van der Waals surface area contributed by atoms with Gasteiger partial charge in [-0.15, -0.1) is 0 Å². The van der Waals surface area contributed by atoms with Gasteiger partial charge in [-0.1, -0.05) is 77.9 Å². The Hall–Kier alpha value is -2.95. The summed E-state index contributed by atoms with van der Waals surface area (Å²) in [6, 6.07) is 14.5. The van der Waals surface area contributed by atoms with Gasteiger partial charge in [0.25, 0.3) is 5.91 Å². The lowest BCUT2D eigenvalue weighted by Crippen LogP contribution is -2.31. The summed E-state index contributed by atoms with van der Waals surface area (Å²) >= 11 is 0. The maximum atomic E-state index is 12.2. The molecule has 30 heavy (non-hydrogen) atoms. The number of carbonyl (C=O) groups is 3. The fraction of sp³-hybridized carbons (Fsp3) is 0.400. The molecule has 0 aliphatic rings. The molecule has 0 aliphatic heterocycles. The fourth-order valence-corrected chi connectivity index (χ4v) is 2.81. The first kappa shape index (κ1) is 23.3. The van der Waals surface area contributed by atoms with Crippen LogP contribution in [0.2, 0.25) is 0 Å². The number of rotatable bonds is 6. The van der Waals surface area contributed by atoms with E-state index in [1.165, 1.54) is 0 Å². The van der Waals surface area contributed by atoms with Crippen LogP contribution in [0, 0.1) is 0 Å². The van der Waals surface area contributed by atoms with Crippen molar-refractivity contribution < 1.29 is 19.1 Å². The zero-order valence-electron chi connectivity index (χ0n) is 18.7. The topological polar surface area (TPSA) is 72.5 Å². The van der Waals surface area contributed by atoms with Crippen molar-refractivity contribution in [3.63, 3.8) is 0 Å². The molecule has 2 rings (SSSR count). The zero-order valence-corrected chi connectivity index (χ0v) is 18.7. The van der Waals surface area contributed by atoms with Crippen molar-refractivity contribution in [1.29, 1.82) is 0 Å². The minimum Gasteiger partial charge on any atom is -0.456 e. The first-order valence-electron chi connectivity index (χ1n) is 10.1. The third kappa shape index (κ3) is 6.55. The molecule has 1 amide bonds. The summed E-state index contributed by atoms with van der Waals surface area (Å²) in [4.78, 5) is 36.3. The lowest BCUT2D eigenvalue weighted by molar-refractivity contribution is -0.141. The van der Waals surface area contributed by atoms with Gasteiger partial charge in [-0.3, -0.25) is 14.4 Å². The van der Waals surface area contributed by atoms with Crippen molar-refractivity contribution in [3.8, 4) is 0 Å². The monoisotopic (exact) mass is 409 g/mol. The molecule has 1 N–H and O–H groups in total. The van der Waals surface area contributed by atoms with E-state index in [2.05, 4.69) is 46.9 Å². The van der Waals surface area contributed by atoms with Crippen molar-refractivity contribution in [2.75, 3.05) is 13.2 Å². The van der Waals surface area contributed by atoms with Crippen molar-refractivity contribution in [1.82, 2.24) is 5.32 Å². The highest BCUT2D eigenvalue weighted by molar-refractivity contribution is 5.98. The number of amides is 1. The van der Waals surface area contributed by atoms with E-state index in [9.17, 15) is 14.4 Å². The smallest absolute Gasteiger partial charge is 0.325 e. The molecule has 0 aliphatic carbocycles. The number of Topliss-reactive ketones (excluding diaryl/α,β-unsaturated/α-hetero) is 1. The molecule has 2 aromatic rings. The Morgan fingerprint density at radius 3 is 1.60 bits per heavy atom. The number of ketones is 1. The van der Waals surface area contributed by atoms with Gasteiger partial charge >= 0.3 is 5.97 Å². The van der Waals surface area contributed by atoms with Gasteiger partial charge in [0.15, 0.2) is 12.4 Å². The number of hydrogen-bond acceptors (Lipinski definition) is 4. The minimum atomic E-state index is -0.658. The third-order valence-electron chi connectivity index (χ3n) is 4.84. The Labute approximate surface area is 178 Å². The molecular formula is C25H31NO4. The van der Waals surface area contributed by atoms with E-state index in [0.717, 1.165) is 11.1 Å². The average Bonchev–Trinajstić information content (AvgIpc) is 2.69. The largest absolute Gasteiger partial charge is 0.456 e. The van der Waals surface area contributed by atoms with Gasteiger partial charge in [0, 0.05) is 11.1 Å². The zero-order chi connectivity index (χ0) is 22.5. The highest BCUT2D eigenvalue weighted by Gasteiger charge is 2.17. The van der Waals surface area contributed by atoms with Crippen LogP contribution in [-0.4, -0.2) is 30.8 Å². The second kappa shape index (κ2) is 9.24. The summed E-state index contributed by atoms with van der Waals surface area (Å²) < 4.78 is 5.00. The molecule has 0 bridgehead atoms. The quantitative estimate of drug-likeness (QED) is 0.566. The van der Waals surface area contributed by atoms with Crippen LogP contribution in [0.25, 0.3) is 0 Å². The van der Waals surface area contributed by atoms with Crippen LogP contribution in [0.4, 0.5) is 0 Å². The Balaban J connectivity index is 1.81. The van der Waals surface area contributed by atoms with Gasteiger partial charge in [0.05, 0.1) is 0 Å². The van der Waals surface area contributed by atoms with E-state index in [1.54, 1.807) is 24.3 Å². The van der Waals surface area contributed by atoms with Gasteiger partial charge in [0.1, 0.15) is 6.54 Å². The molecule has 5 heteroatoms. The molecule has 0 saturated heterocycles. The number of ether oxygens (including phenoxy) is 1. The molecule has 5 nitrogen and oxygen atoms in total. The maximum Gasteiger partial charge on any atom is 0.325 e. The van der Waals surface area contributed by atoms with Crippen molar-refractivity contribution >= 4 is 17.7 Å². The molecule has 160 valence electrons. The van der Waals surface area contributed by atoms with Crippen LogP contribution in [0.1, 0.15) is 73.4 Å². The number of benzene rings is 2. The lowest BCUT2D eigenvalue weighted by Gasteiger charge is -2.19. The summed E-state index contributed by atoms with van der Waals surface area (Å²) in [6.45, 7) is 11.9. The SMILES string of the molecule is CC(C)(C)c1ccc(C(=O)COC(=O)CNC(=O)c2ccc(C(C)(C)C)cc2)cc1. The van der Waals surface area contributed by atoms with Crippen LogP contribution in [-0.2, 0) is 20.4 Å². The molecule has 2 aromatic carbocycles. The molecule has 0 spiro atoms. The predicted octanol–water partition coefficient (Wildman–Crippen LogP) is 4.44. The van der Waals surface area contributed by atoms with Gasteiger partial charge < -0.3 is 10.1 Å². The Morgan fingerprint density at radius 1 is 0.733 bits per heavy atom. The number of nitrogens with one attached hydrogen (secondary N) is 1. The summed E-state index contributed by atoms with van der Waals surface area (Å²) in [5.74, 6) is -1.31. The Bertz CT molecular complexity index is 823. The van der Waals surface area contributed by atoms with E-state index in [-0.39, 0.29) is 35.7 Å². The lowest BCUT2D eigenvalue weighted by atomic mass is 9.86. The maximum absolute atomic E-state index is 12.2. The van der Waals surface area contributed by atoms with Gasteiger partial charge in [0.2, 0.25) is 0 Å². The standard InChI is InChI=1S/C25H31NO4/c1-24(2,3)19-11-7-17(8-12-19)21(27)16-30-22(28)15-26-23(29)18-9-13-20(14-10-18)25(4,5)6/h7-14H,15-16H2,1-6H3,(H,26,29). The van der Waals surface area contributed by atoms with Crippen LogP contribution in [0.5, 0.6) is 0 Å². The van der Waals surface area contributed by atoms with Gasteiger partial charge in [-0.05, 0) is 34.1 Å². The van der Waals surface area contributed by atoms with Crippen molar-refractivity contribution in [3.05, 3.63) is 70.8 Å². The van der Waals surface area contributed by atoms with Crippen molar-refractivity contribution in [2.45, 2.75) is 52.4 Å². The van der Waals surface area contributed by atoms with E-state index >= 15 is 0 Å². The average molecular weight is 410 g/mol. The van der Waals surface area contributed by atoms with Crippen LogP contribution >= 0.6 is 0 Å². The first-order chi connectivity index (χ1) is 13.9. The van der Waals surface area contributed by atoms with E-state index < -0.39 is 5.97 Å². The Kier molecular flexibility index (Phi) is 7.19. The van der Waals surface area contributed by atoms with Crippen LogP contribution < -0.4 is 5.32 Å². The highest BCUT2D eigenvalue weighted by Crippen LogP contribution is 2.23. The van der Waals surface area contributed by atoms with Gasteiger partial charge in [-0.25, -0.2) is 0 Å². The third-order valence-corrected chi connectivity index (χ3v) is 4.84. The molecule has 0 aromatic heterocycles. The molecular weight excluding hydrogens is 378 g/mol. The normalized spacial score (nSPS) is 11.7. The van der Waals surface area contributed by atoms with E-state index in [1.807, 2.05) is 24.3 Å². The molecule has 0 radical (unpaired) electrons. The first-order valence-corrected chi connectivity index (χ1v) is 10.1. The van der Waals surface area contributed by atoms with Crippen LogP contribution in [0.15, 0.2) is 48.5 Å². The van der Waals surface area contributed by atoms with Crippen LogP contribution in [0.3, 0.4) is 0 Å². The predicted molar refractivity (Wildman–Crippen MR) is 118 cm³/mol. The number of carbonyl (C=O) groups excluding carboxylic acids is 3. The number of hydrogen-bond donors (Lipinski definition) is 1. The minimum absolute atomic E-state index is 0.000678. The van der Waals surface area contributed by atoms with Crippen molar-refractivity contribution in [2.24, 2.45) is 0 Å². The highest BCUT2D eigenvalue weighted by atomic mass is 16.5. The van der Waals surface area contributed by atoms with E-state index in [4.69, 9.17) is 4.74 Å². The second-order valence-electron chi connectivity index (χ2n) is 9.42. The summed E-state index contributed by atoms with van der Waals surface area (Å²) in [5, 5.41) is 2.52. The molecule has 0 atom stereocenters. The number of esters is 1. The summed E-state index contributed by atoms with van der Waals surface area (Å²) in [6.07, 6.45) is 0. The van der Waals surface area contributed by atoms with Gasteiger partial charge in [-0.2, -0.15) is 0 Å². The second-order valence-corrected chi connectivity index (χ2v) is 9.42. The summed E-state index contributed by atoms with van der Waals surface area (Å²) in [5.41, 5.74) is 3.18. The Morgan fingerprint density at radius 2 is 1.17 bits per heavy atom.